The Morgan fingerprint density at radius 3 is 2.49 bits per heavy atom. The number of likely N-dealkylation sites (tertiary alicyclic amines) is 1. The summed E-state index contributed by atoms with van der Waals surface area (Å²) in [4.78, 5) is 42.7. The summed E-state index contributed by atoms with van der Waals surface area (Å²) in [5, 5.41) is 5.76. The van der Waals surface area contributed by atoms with Crippen molar-refractivity contribution >= 4 is 40.5 Å². The van der Waals surface area contributed by atoms with E-state index in [4.69, 9.17) is 4.74 Å². The molecule has 3 amide bonds. The van der Waals surface area contributed by atoms with E-state index in [-0.39, 0.29) is 24.1 Å². The summed E-state index contributed by atoms with van der Waals surface area (Å²) in [7, 11) is 0. The summed E-state index contributed by atoms with van der Waals surface area (Å²) < 4.78 is 6.04. The third-order valence-corrected chi connectivity index (χ3v) is 7.07. The zero-order chi connectivity index (χ0) is 27.2. The lowest BCUT2D eigenvalue weighted by molar-refractivity contribution is -0.117. The van der Waals surface area contributed by atoms with Crippen molar-refractivity contribution < 1.29 is 19.1 Å². The number of ether oxygens (including phenoxy) is 1. The van der Waals surface area contributed by atoms with Crippen molar-refractivity contribution in [2.24, 2.45) is 0 Å². The van der Waals surface area contributed by atoms with E-state index in [9.17, 15) is 14.4 Å². The monoisotopic (exact) mass is 526 g/mol. The number of carbonyl (C=O) groups is 3. The van der Waals surface area contributed by atoms with E-state index in [2.05, 4.69) is 15.5 Å². The molecule has 0 unspecified atom stereocenters. The van der Waals surface area contributed by atoms with Gasteiger partial charge in [0.2, 0.25) is 11.8 Å². The van der Waals surface area contributed by atoms with Crippen molar-refractivity contribution in [2.45, 2.75) is 39.0 Å². The van der Waals surface area contributed by atoms with Gasteiger partial charge in [-0.1, -0.05) is 36.8 Å². The first kappa shape index (κ1) is 26.4. The number of benzene rings is 3. The molecule has 0 spiro atoms. The number of nitrogens with one attached hydrogen (secondary N) is 2. The van der Waals surface area contributed by atoms with Crippen molar-refractivity contribution in [3.8, 4) is 5.75 Å². The van der Waals surface area contributed by atoms with Gasteiger partial charge < -0.3 is 20.3 Å². The molecule has 39 heavy (non-hydrogen) atoms. The highest BCUT2D eigenvalue weighted by Crippen LogP contribution is 2.38. The van der Waals surface area contributed by atoms with Gasteiger partial charge in [0.05, 0.1) is 41.3 Å². The van der Waals surface area contributed by atoms with E-state index in [1.54, 1.807) is 35.2 Å². The highest BCUT2D eigenvalue weighted by molar-refractivity contribution is 6.17. The first-order valence-electron chi connectivity index (χ1n) is 13.6. The fourth-order valence-corrected chi connectivity index (χ4v) is 5.23. The smallest absolute Gasteiger partial charge is 0.257 e. The standard InChI is InChI=1S/C31H34N4O4/c1-22(36)32-26-20-23(14-15-29(26)39-19-9-18-34-16-7-2-8-17-34)21-30(37)35-27-12-5-3-10-24(27)31(38)33-25-11-4-6-13-28(25)35/h3-6,10-15,20H,2,7-9,16-19,21H2,1H3,(H,32,36)(H,33,38). The van der Waals surface area contributed by atoms with Crippen molar-refractivity contribution in [1.82, 2.24) is 4.90 Å². The number of fused-ring (bicyclic) bond motifs is 2. The molecule has 0 aliphatic carbocycles. The molecule has 1 saturated heterocycles. The largest absolute Gasteiger partial charge is 0.491 e. The van der Waals surface area contributed by atoms with Crippen molar-refractivity contribution in [3.05, 3.63) is 77.9 Å². The molecule has 0 radical (unpaired) electrons. The van der Waals surface area contributed by atoms with Crippen LogP contribution in [0.5, 0.6) is 5.75 Å². The summed E-state index contributed by atoms with van der Waals surface area (Å²) in [5.74, 6) is -0.0876. The van der Waals surface area contributed by atoms with Gasteiger partial charge >= 0.3 is 0 Å². The van der Waals surface area contributed by atoms with Crippen LogP contribution in [-0.2, 0) is 16.0 Å². The Balaban J connectivity index is 1.34. The number of hydrogen-bond acceptors (Lipinski definition) is 5. The molecule has 0 bridgehead atoms. The van der Waals surface area contributed by atoms with Crippen LogP contribution >= 0.6 is 0 Å². The van der Waals surface area contributed by atoms with Crippen LogP contribution in [0.15, 0.2) is 66.7 Å². The highest BCUT2D eigenvalue weighted by Gasteiger charge is 2.29. The predicted molar refractivity (Wildman–Crippen MR) is 153 cm³/mol. The Morgan fingerprint density at radius 2 is 1.69 bits per heavy atom. The first-order valence-corrected chi connectivity index (χ1v) is 13.6. The van der Waals surface area contributed by atoms with E-state index >= 15 is 0 Å². The van der Waals surface area contributed by atoms with Crippen LogP contribution in [0.1, 0.15) is 48.5 Å². The number of carbonyl (C=O) groups excluding carboxylic acids is 3. The minimum atomic E-state index is -0.261. The summed E-state index contributed by atoms with van der Waals surface area (Å²) in [5.41, 5.74) is 3.40. The maximum Gasteiger partial charge on any atom is 0.257 e. The second-order valence-corrected chi connectivity index (χ2v) is 10.0. The fourth-order valence-electron chi connectivity index (χ4n) is 5.23. The molecule has 2 heterocycles. The van der Waals surface area contributed by atoms with Gasteiger partial charge in [0, 0.05) is 13.5 Å². The topological polar surface area (TPSA) is 91.0 Å². The second-order valence-electron chi connectivity index (χ2n) is 10.0. The van der Waals surface area contributed by atoms with Crippen LogP contribution in [0.3, 0.4) is 0 Å². The van der Waals surface area contributed by atoms with E-state index in [0.717, 1.165) is 31.6 Å². The fraction of sp³-hybridized carbons (Fsp3) is 0.323. The Bertz CT molecular complexity index is 1370. The normalized spacial score (nSPS) is 15.0. The molecule has 0 saturated carbocycles. The van der Waals surface area contributed by atoms with Crippen molar-refractivity contribution in [3.63, 3.8) is 0 Å². The van der Waals surface area contributed by atoms with Gasteiger partial charge in [-0.2, -0.15) is 0 Å². The molecular weight excluding hydrogens is 492 g/mol. The summed E-state index contributed by atoms with van der Waals surface area (Å²) in [6.07, 6.45) is 4.80. The lowest BCUT2D eigenvalue weighted by Crippen LogP contribution is -2.31. The van der Waals surface area contributed by atoms with Crippen molar-refractivity contribution in [1.29, 1.82) is 0 Å². The molecule has 2 aliphatic rings. The average Bonchev–Trinajstić information content (AvgIpc) is 3.06. The number of rotatable bonds is 8. The lowest BCUT2D eigenvalue weighted by Gasteiger charge is -2.26. The number of anilines is 4. The van der Waals surface area contributed by atoms with Gasteiger partial charge in [-0.3, -0.25) is 19.3 Å². The van der Waals surface area contributed by atoms with Crippen LogP contribution in [-0.4, -0.2) is 48.9 Å². The molecule has 1 fully saturated rings. The maximum atomic E-state index is 13.8. The molecule has 0 aromatic heterocycles. The van der Waals surface area contributed by atoms with Gasteiger partial charge in [0.15, 0.2) is 0 Å². The van der Waals surface area contributed by atoms with Crippen molar-refractivity contribution in [2.75, 3.05) is 41.8 Å². The number of para-hydroxylation sites is 3. The summed E-state index contributed by atoms with van der Waals surface area (Å²) in [6.45, 7) is 5.29. The molecule has 202 valence electrons. The molecule has 2 N–H and O–H groups in total. The van der Waals surface area contributed by atoms with Crippen LogP contribution in [0, 0.1) is 0 Å². The lowest BCUT2D eigenvalue weighted by atomic mass is 10.1. The van der Waals surface area contributed by atoms with Crippen LogP contribution in [0.25, 0.3) is 0 Å². The zero-order valence-electron chi connectivity index (χ0n) is 22.2. The Morgan fingerprint density at radius 1 is 0.949 bits per heavy atom. The number of amides is 3. The average molecular weight is 527 g/mol. The Hall–Kier alpha value is -4.17. The minimum absolute atomic E-state index is 0.0681. The third kappa shape index (κ3) is 6.29. The summed E-state index contributed by atoms with van der Waals surface area (Å²) >= 11 is 0. The van der Waals surface area contributed by atoms with E-state index in [1.165, 1.54) is 26.2 Å². The Kier molecular flexibility index (Phi) is 8.22. The molecule has 8 nitrogen and oxygen atoms in total. The van der Waals surface area contributed by atoms with Crippen LogP contribution in [0.2, 0.25) is 0 Å². The van der Waals surface area contributed by atoms with Gasteiger partial charge in [-0.15, -0.1) is 0 Å². The van der Waals surface area contributed by atoms with Crippen LogP contribution < -0.4 is 20.3 Å². The molecule has 8 heteroatoms. The number of hydrogen-bond donors (Lipinski definition) is 2. The van der Waals surface area contributed by atoms with Gasteiger partial charge in [0.1, 0.15) is 5.75 Å². The third-order valence-electron chi connectivity index (χ3n) is 7.07. The Labute approximate surface area is 228 Å². The molecule has 3 aromatic carbocycles. The highest BCUT2D eigenvalue weighted by atomic mass is 16.5. The number of nitrogens with zero attached hydrogens (tertiary/aromatic N) is 2. The van der Waals surface area contributed by atoms with Gasteiger partial charge in [0.25, 0.3) is 5.91 Å². The predicted octanol–water partition coefficient (Wildman–Crippen LogP) is 5.37. The van der Waals surface area contributed by atoms with Crippen LogP contribution in [0.4, 0.5) is 22.7 Å². The molecular formula is C31H34N4O4. The minimum Gasteiger partial charge on any atom is -0.491 e. The second kappa shape index (κ2) is 12.1. The van der Waals surface area contributed by atoms with E-state index < -0.39 is 0 Å². The molecule has 3 aromatic rings. The maximum absolute atomic E-state index is 13.8. The zero-order valence-corrected chi connectivity index (χ0v) is 22.2. The molecule has 5 rings (SSSR count). The van der Waals surface area contributed by atoms with Gasteiger partial charge in [-0.25, -0.2) is 0 Å². The van der Waals surface area contributed by atoms with E-state index in [0.29, 0.717) is 40.7 Å². The molecule has 0 atom stereocenters. The van der Waals surface area contributed by atoms with E-state index in [1.807, 2.05) is 36.4 Å². The summed E-state index contributed by atoms with van der Waals surface area (Å²) in [6, 6.07) is 19.8. The quantitative estimate of drug-likeness (QED) is 0.385. The first-order chi connectivity index (χ1) is 19.0. The van der Waals surface area contributed by atoms with Gasteiger partial charge in [-0.05, 0) is 74.3 Å². The molecule has 2 aliphatic heterocycles. The SMILES string of the molecule is CC(=O)Nc1cc(CC(=O)N2c3ccccc3NC(=O)c3ccccc32)ccc1OCCCN1CCCCC1. The number of piperidine rings is 1.